The SMILES string of the molecule is COc1ccccc1Nc1nc(N)nc(CSc2nnc(-c3cc4c(s3)CCC(C)C4)o2)n1. The van der Waals surface area contributed by atoms with Crippen LogP contribution in [-0.4, -0.2) is 32.3 Å². The number of nitrogens with one attached hydrogen (secondary N) is 1. The molecule has 1 aliphatic carbocycles. The van der Waals surface area contributed by atoms with Gasteiger partial charge in [0.05, 0.1) is 23.4 Å². The van der Waals surface area contributed by atoms with Gasteiger partial charge in [-0.1, -0.05) is 30.8 Å². The molecule has 0 bridgehead atoms. The van der Waals surface area contributed by atoms with Crippen molar-refractivity contribution in [3.05, 3.63) is 46.6 Å². The van der Waals surface area contributed by atoms with Crippen molar-refractivity contribution in [2.75, 3.05) is 18.2 Å². The molecular weight excluding hydrogens is 458 g/mol. The van der Waals surface area contributed by atoms with Crippen LogP contribution >= 0.6 is 23.1 Å². The second-order valence-corrected chi connectivity index (χ2v) is 9.89. The van der Waals surface area contributed by atoms with Gasteiger partial charge in [-0.2, -0.15) is 15.0 Å². The van der Waals surface area contributed by atoms with Gasteiger partial charge in [0.15, 0.2) is 0 Å². The average molecular weight is 482 g/mol. The van der Waals surface area contributed by atoms with E-state index in [4.69, 9.17) is 14.9 Å². The Labute approximate surface area is 199 Å². The molecule has 33 heavy (non-hydrogen) atoms. The minimum Gasteiger partial charge on any atom is -0.495 e. The van der Waals surface area contributed by atoms with Crippen LogP contribution < -0.4 is 15.8 Å². The molecule has 0 fully saturated rings. The van der Waals surface area contributed by atoms with Crippen LogP contribution in [0, 0.1) is 5.92 Å². The number of thiophene rings is 1. The van der Waals surface area contributed by atoms with Gasteiger partial charge in [-0.25, -0.2) is 0 Å². The first-order chi connectivity index (χ1) is 16.1. The normalized spacial score (nSPS) is 15.3. The third kappa shape index (κ3) is 4.93. The minimum absolute atomic E-state index is 0.127. The van der Waals surface area contributed by atoms with E-state index in [1.165, 1.54) is 28.6 Å². The molecule has 5 rings (SSSR count). The molecule has 170 valence electrons. The summed E-state index contributed by atoms with van der Waals surface area (Å²) in [5.41, 5.74) is 8.05. The number of hydrogen-bond donors (Lipinski definition) is 2. The highest BCUT2D eigenvalue weighted by Gasteiger charge is 2.21. The molecule has 0 spiro atoms. The van der Waals surface area contributed by atoms with Gasteiger partial charge in [-0.05, 0) is 48.9 Å². The van der Waals surface area contributed by atoms with E-state index in [0.717, 1.165) is 29.3 Å². The zero-order valence-corrected chi connectivity index (χ0v) is 19.9. The second kappa shape index (κ2) is 9.36. The van der Waals surface area contributed by atoms with Crippen molar-refractivity contribution in [2.24, 2.45) is 5.92 Å². The molecule has 1 aliphatic rings. The predicted octanol–water partition coefficient (Wildman–Crippen LogP) is 4.73. The number of aryl methyl sites for hydroxylation is 1. The van der Waals surface area contributed by atoms with Crippen LogP contribution in [0.1, 0.15) is 29.6 Å². The molecule has 1 aromatic carbocycles. The largest absolute Gasteiger partial charge is 0.495 e. The molecule has 0 aliphatic heterocycles. The van der Waals surface area contributed by atoms with Crippen LogP contribution in [0.2, 0.25) is 0 Å². The van der Waals surface area contributed by atoms with E-state index in [1.807, 2.05) is 24.3 Å². The number of hydrogen-bond acceptors (Lipinski definition) is 11. The van der Waals surface area contributed by atoms with Crippen LogP contribution in [0.5, 0.6) is 5.75 Å². The minimum atomic E-state index is 0.127. The van der Waals surface area contributed by atoms with E-state index in [9.17, 15) is 0 Å². The first kappa shape index (κ1) is 21.7. The van der Waals surface area contributed by atoms with Gasteiger partial charge in [0.1, 0.15) is 11.6 Å². The Hall–Kier alpha value is -3.18. The summed E-state index contributed by atoms with van der Waals surface area (Å²) < 4.78 is 11.3. The lowest BCUT2D eigenvalue weighted by atomic mass is 9.90. The Morgan fingerprint density at radius 2 is 2.12 bits per heavy atom. The summed E-state index contributed by atoms with van der Waals surface area (Å²) in [4.78, 5) is 15.3. The van der Waals surface area contributed by atoms with Crippen molar-refractivity contribution in [2.45, 2.75) is 37.2 Å². The molecule has 0 saturated carbocycles. The molecule has 3 aromatic heterocycles. The molecule has 3 N–H and O–H groups in total. The first-order valence-electron chi connectivity index (χ1n) is 10.6. The lowest BCUT2D eigenvalue weighted by Gasteiger charge is -2.16. The fourth-order valence-corrected chi connectivity index (χ4v) is 5.48. The molecule has 0 radical (unpaired) electrons. The predicted molar refractivity (Wildman–Crippen MR) is 129 cm³/mol. The number of ether oxygens (including phenoxy) is 1. The molecule has 1 atom stereocenters. The Balaban J connectivity index is 1.27. The highest BCUT2D eigenvalue weighted by atomic mass is 32.2. The Morgan fingerprint density at radius 3 is 3.00 bits per heavy atom. The van der Waals surface area contributed by atoms with Crippen LogP contribution in [0.15, 0.2) is 40.0 Å². The molecule has 4 aromatic rings. The molecule has 0 saturated heterocycles. The fourth-order valence-electron chi connectivity index (χ4n) is 3.73. The lowest BCUT2D eigenvalue weighted by Crippen LogP contribution is -2.07. The molecule has 3 heterocycles. The van der Waals surface area contributed by atoms with Gasteiger partial charge in [0.2, 0.25) is 11.9 Å². The number of fused-ring (bicyclic) bond motifs is 1. The maximum atomic E-state index is 5.90. The zero-order valence-electron chi connectivity index (χ0n) is 18.2. The summed E-state index contributed by atoms with van der Waals surface area (Å²) in [6, 6.07) is 9.69. The van der Waals surface area contributed by atoms with Gasteiger partial charge in [-0.15, -0.1) is 21.5 Å². The maximum Gasteiger partial charge on any atom is 0.277 e. The van der Waals surface area contributed by atoms with E-state index in [1.54, 1.807) is 18.4 Å². The lowest BCUT2D eigenvalue weighted by molar-refractivity contribution is 0.417. The number of nitrogen functional groups attached to an aromatic ring is 1. The number of para-hydroxylation sites is 2. The van der Waals surface area contributed by atoms with Crippen LogP contribution in [0.3, 0.4) is 0 Å². The Kier molecular flexibility index (Phi) is 6.14. The van der Waals surface area contributed by atoms with Crippen LogP contribution in [0.25, 0.3) is 10.8 Å². The third-order valence-electron chi connectivity index (χ3n) is 5.32. The highest BCUT2D eigenvalue weighted by molar-refractivity contribution is 7.98. The number of nitrogens with two attached hydrogens (primary N) is 1. The first-order valence-corrected chi connectivity index (χ1v) is 12.4. The van der Waals surface area contributed by atoms with Gasteiger partial charge < -0.3 is 20.2 Å². The summed E-state index contributed by atoms with van der Waals surface area (Å²) in [5, 5.41) is 12.0. The van der Waals surface area contributed by atoms with E-state index in [-0.39, 0.29) is 5.95 Å². The summed E-state index contributed by atoms with van der Waals surface area (Å²) in [6.07, 6.45) is 3.48. The van der Waals surface area contributed by atoms with Crippen molar-refractivity contribution in [1.29, 1.82) is 0 Å². The number of rotatable bonds is 7. The van der Waals surface area contributed by atoms with E-state index in [2.05, 4.69) is 43.5 Å². The highest BCUT2D eigenvalue weighted by Crippen LogP contribution is 2.37. The summed E-state index contributed by atoms with van der Waals surface area (Å²) in [7, 11) is 1.61. The van der Waals surface area contributed by atoms with E-state index < -0.39 is 0 Å². The third-order valence-corrected chi connectivity index (χ3v) is 7.36. The summed E-state index contributed by atoms with van der Waals surface area (Å²) in [5.74, 6) is 3.34. The van der Waals surface area contributed by atoms with Crippen molar-refractivity contribution < 1.29 is 9.15 Å². The van der Waals surface area contributed by atoms with E-state index >= 15 is 0 Å². The number of methoxy groups -OCH3 is 1. The van der Waals surface area contributed by atoms with Gasteiger partial charge in [-0.3, -0.25) is 0 Å². The van der Waals surface area contributed by atoms with Gasteiger partial charge in [0.25, 0.3) is 11.1 Å². The van der Waals surface area contributed by atoms with Gasteiger partial charge >= 0.3 is 0 Å². The number of anilines is 3. The summed E-state index contributed by atoms with van der Waals surface area (Å²) in [6.45, 7) is 2.30. The quantitative estimate of drug-likeness (QED) is 0.358. The molecule has 1 unspecified atom stereocenters. The number of nitrogens with zero attached hydrogens (tertiary/aromatic N) is 5. The average Bonchev–Trinajstić information content (AvgIpc) is 3.44. The zero-order chi connectivity index (χ0) is 22.8. The summed E-state index contributed by atoms with van der Waals surface area (Å²) >= 11 is 3.11. The second-order valence-electron chi connectivity index (χ2n) is 7.83. The van der Waals surface area contributed by atoms with Crippen molar-refractivity contribution in [1.82, 2.24) is 25.1 Å². The van der Waals surface area contributed by atoms with Crippen molar-refractivity contribution in [3.63, 3.8) is 0 Å². The molecule has 9 nitrogen and oxygen atoms in total. The van der Waals surface area contributed by atoms with Crippen molar-refractivity contribution in [3.8, 4) is 16.5 Å². The van der Waals surface area contributed by atoms with Gasteiger partial charge in [0, 0.05) is 4.88 Å². The maximum absolute atomic E-state index is 5.90. The Bertz CT molecular complexity index is 1270. The molecule has 11 heteroatoms. The van der Waals surface area contributed by atoms with Crippen LogP contribution in [0.4, 0.5) is 17.6 Å². The Morgan fingerprint density at radius 1 is 1.24 bits per heavy atom. The number of benzene rings is 1. The van der Waals surface area contributed by atoms with Crippen molar-refractivity contribution >= 4 is 40.7 Å². The fraction of sp³-hybridized carbons (Fsp3) is 0.318. The topological polar surface area (TPSA) is 125 Å². The number of aromatic nitrogens is 5. The monoisotopic (exact) mass is 481 g/mol. The molecular formula is C22H23N7O2S2. The molecule has 0 amide bonds. The van der Waals surface area contributed by atoms with E-state index in [0.29, 0.717) is 34.4 Å². The smallest absolute Gasteiger partial charge is 0.277 e. The standard InChI is InChI=1S/C22H23N7O2S2/c1-12-7-8-16-13(9-12)10-17(33-16)19-28-29-22(31-19)32-11-18-25-20(23)27-21(26-18)24-14-5-3-4-6-15(14)30-2/h3-6,10,12H,7-9,11H2,1-2H3,(H3,23,24,25,26,27). The van der Waals surface area contributed by atoms with Crippen LogP contribution in [-0.2, 0) is 18.6 Å². The number of thioether (sulfide) groups is 1.